The van der Waals surface area contributed by atoms with Gasteiger partial charge in [0.15, 0.2) is 0 Å². The number of carboxylic acids is 1. The molecule has 0 aromatic heterocycles. The summed E-state index contributed by atoms with van der Waals surface area (Å²) in [5, 5.41) is 11.1. The number of amides is 1. The van der Waals surface area contributed by atoms with Crippen LogP contribution in [0.1, 0.15) is 18.1 Å². The Hall–Kier alpha value is -1.88. The summed E-state index contributed by atoms with van der Waals surface area (Å²) in [6.07, 6.45) is 0.144. The average Bonchev–Trinajstić information content (AvgIpc) is 2.29. The average molecular weight is 236 g/mol. The molecule has 1 unspecified atom stereocenters. The number of nitrogens with one attached hydrogen (secondary N) is 1. The number of hydrogen-bond donors (Lipinski definition) is 3. The van der Waals surface area contributed by atoms with Crippen molar-refractivity contribution in [2.24, 2.45) is 5.73 Å². The first-order valence-electron chi connectivity index (χ1n) is 5.33. The summed E-state index contributed by atoms with van der Waals surface area (Å²) in [6, 6.07) is 6.45. The lowest BCUT2D eigenvalue weighted by Crippen LogP contribution is -2.39. The van der Waals surface area contributed by atoms with Crippen molar-refractivity contribution < 1.29 is 14.7 Å². The van der Waals surface area contributed by atoms with Gasteiger partial charge in [0.1, 0.15) is 6.04 Å². The number of benzene rings is 1. The maximum absolute atomic E-state index is 11.6. The topological polar surface area (TPSA) is 92.4 Å². The van der Waals surface area contributed by atoms with E-state index in [1.54, 1.807) is 0 Å². The zero-order valence-corrected chi connectivity index (χ0v) is 9.64. The molecule has 0 aliphatic heterocycles. The molecule has 0 saturated carbocycles. The van der Waals surface area contributed by atoms with Crippen LogP contribution in [0, 0.1) is 0 Å². The van der Waals surface area contributed by atoms with Gasteiger partial charge in [-0.15, -0.1) is 0 Å². The van der Waals surface area contributed by atoms with Crippen molar-refractivity contribution in [3.05, 3.63) is 35.4 Å². The Morgan fingerprint density at radius 3 is 2.47 bits per heavy atom. The van der Waals surface area contributed by atoms with Crippen molar-refractivity contribution in [1.29, 1.82) is 0 Å². The Kier molecular flexibility index (Phi) is 4.66. The smallest absolute Gasteiger partial charge is 0.325 e. The second-order valence-corrected chi connectivity index (χ2v) is 3.78. The zero-order chi connectivity index (χ0) is 12.8. The predicted octanol–water partition coefficient (Wildman–Crippen LogP) is 0.277. The largest absolute Gasteiger partial charge is 0.480 e. The highest BCUT2D eigenvalue weighted by molar-refractivity contribution is 5.84. The summed E-state index contributed by atoms with van der Waals surface area (Å²) in [6.45, 7) is 1.78. The molecule has 1 atom stereocenters. The first-order valence-corrected chi connectivity index (χ1v) is 5.33. The van der Waals surface area contributed by atoms with Crippen LogP contribution in [0.4, 0.5) is 0 Å². The second kappa shape index (κ2) is 6.00. The Labute approximate surface area is 99.6 Å². The van der Waals surface area contributed by atoms with Crippen LogP contribution < -0.4 is 11.1 Å². The van der Waals surface area contributed by atoms with E-state index >= 15 is 0 Å². The standard InChI is InChI=1S/C12H16N2O3/c1-8(12(16)17)14-11(15)6-9-4-2-3-5-10(9)7-13/h2-5,8H,6-7,13H2,1H3,(H,14,15)(H,16,17). The van der Waals surface area contributed by atoms with Crippen molar-refractivity contribution >= 4 is 11.9 Å². The van der Waals surface area contributed by atoms with Crippen molar-refractivity contribution in [3.63, 3.8) is 0 Å². The van der Waals surface area contributed by atoms with Crippen molar-refractivity contribution in [2.45, 2.75) is 25.9 Å². The minimum atomic E-state index is -1.05. The molecule has 0 aliphatic carbocycles. The molecular weight excluding hydrogens is 220 g/mol. The van der Waals surface area contributed by atoms with Crippen LogP contribution in [-0.2, 0) is 22.6 Å². The van der Waals surface area contributed by atoms with Crippen LogP contribution in [0.25, 0.3) is 0 Å². The first-order chi connectivity index (χ1) is 8.04. The minimum Gasteiger partial charge on any atom is -0.480 e. The molecular formula is C12H16N2O3. The van der Waals surface area contributed by atoms with Gasteiger partial charge in [-0.2, -0.15) is 0 Å². The van der Waals surface area contributed by atoms with E-state index in [1.807, 2.05) is 24.3 Å². The van der Waals surface area contributed by atoms with E-state index < -0.39 is 12.0 Å². The molecule has 0 aliphatic rings. The maximum atomic E-state index is 11.6. The van der Waals surface area contributed by atoms with Gasteiger partial charge in [-0.1, -0.05) is 24.3 Å². The molecule has 0 heterocycles. The fraction of sp³-hybridized carbons (Fsp3) is 0.333. The molecule has 4 N–H and O–H groups in total. The van der Waals surface area contributed by atoms with Crippen LogP contribution in [0.5, 0.6) is 0 Å². The van der Waals surface area contributed by atoms with Gasteiger partial charge < -0.3 is 16.2 Å². The SMILES string of the molecule is CC(NC(=O)Cc1ccccc1CN)C(=O)O. The number of carbonyl (C=O) groups is 2. The molecule has 0 saturated heterocycles. The van der Waals surface area contributed by atoms with E-state index in [-0.39, 0.29) is 12.3 Å². The third kappa shape index (κ3) is 3.88. The highest BCUT2D eigenvalue weighted by Crippen LogP contribution is 2.08. The van der Waals surface area contributed by atoms with E-state index in [4.69, 9.17) is 10.8 Å². The van der Waals surface area contributed by atoms with E-state index in [9.17, 15) is 9.59 Å². The van der Waals surface area contributed by atoms with Gasteiger partial charge in [0.2, 0.25) is 5.91 Å². The van der Waals surface area contributed by atoms with E-state index in [1.165, 1.54) is 6.92 Å². The lowest BCUT2D eigenvalue weighted by Gasteiger charge is -2.11. The third-order valence-corrected chi connectivity index (χ3v) is 2.44. The van der Waals surface area contributed by atoms with Crippen molar-refractivity contribution in [1.82, 2.24) is 5.32 Å². The van der Waals surface area contributed by atoms with Gasteiger partial charge in [0.05, 0.1) is 6.42 Å². The molecule has 5 heteroatoms. The summed E-state index contributed by atoms with van der Waals surface area (Å²) in [7, 11) is 0. The highest BCUT2D eigenvalue weighted by Gasteiger charge is 2.14. The van der Waals surface area contributed by atoms with Crippen LogP contribution in [0.2, 0.25) is 0 Å². The number of carbonyl (C=O) groups excluding carboxylic acids is 1. The van der Waals surface area contributed by atoms with Crippen LogP contribution >= 0.6 is 0 Å². The predicted molar refractivity (Wildman–Crippen MR) is 63.3 cm³/mol. The summed E-state index contributed by atoms with van der Waals surface area (Å²) >= 11 is 0. The fourth-order valence-electron chi connectivity index (χ4n) is 1.46. The Bertz CT molecular complexity index is 418. The molecule has 1 aromatic rings. The van der Waals surface area contributed by atoms with Gasteiger partial charge in [0, 0.05) is 6.54 Å². The van der Waals surface area contributed by atoms with Crippen molar-refractivity contribution in [3.8, 4) is 0 Å². The van der Waals surface area contributed by atoms with Gasteiger partial charge >= 0.3 is 5.97 Å². The first kappa shape index (κ1) is 13.2. The molecule has 1 aromatic carbocycles. The third-order valence-electron chi connectivity index (χ3n) is 2.44. The number of aliphatic carboxylic acids is 1. The van der Waals surface area contributed by atoms with Gasteiger partial charge in [0.25, 0.3) is 0 Å². The molecule has 92 valence electrons. The molecule has 5 nitrogen and oxygen atoms in total. The number of hydrogen-bond acceptors (Lipinski definition) is 3. The Morgan fingerprint density at radius 2 is 1.94 bits per heavy atom. The van der Waals surface area contributed by atoms with Crippen LogP contribution in [0.15, 0.2) is 24.3 Å². The second-order valence-electron chi connectivity index (χ2n) is 3.78. The van der Waals surface area contributed by atoms with Gasteiger partial charge in [-0.05, 0) is 18.1 Å². The van der Waals surface area contributed by atoms with Gasteiger partial charge in [-0.3, -0.25) is 9.59 Å². The molecule has 0 radical (unpaired) electrons. The molecule has 0 bridgehead atoms. The van der Waals surface area contributed by atoms with E-state index in [2.05, 4.69) is 5.32 Å². The Morgan fingerprint density at radius 1 is 1.35 bits per heavy atom. The van der Waals surface area contributed by atoms with Crippen LogP contribution in [0.3, 0.4) is 0 Å². The minimum absolute atomic E-state index is 0.144. The maximum Gasteiger partial charge on any atom is 0.325 e. The molecule has 1 rings (SSSR count). The molecule has 0 fully saturated rings. The van der Waals surface area contributed by atoms with Crippen molar-refractivity contribution in [2.75, 3.05) is 0 Å². The van der Waals surface area contributed by atoms with E-state index in [0.29, 0.717) is 6.54 Å². The fourth-order valence-corrected chi connectivity index (χ4v) is 1.46. The summed E-state index contributed by atoms with van der Waals surface area (Å²) in [5.74, 6) is -1.37. The highest BCUT2D eigenvalue weighted by atomic mass is 16.4. The summed E-state index contributed by atoms with van der Waals surface area (Å²) < 4.78 is 0. The van der Waals surface area contributed by atoms with Gasteiger partial charge in [-0.25, -0.2) is 0 Å². The Balaban J connectivity index is 2.65. The number of rotatable bonds is 5. The molecule has 0 spiro atoms. The van der Waals surface area contributed by atoms with E-state index in [0.717, 1.165) is 11.1 Å². The molecule has 1 amide bonds. The lowest BCUT2D eigenvalue weighted by atomic mass is 10.0. The number of carboxylic acid groups (broad SMARTS) is 1. The summed E-state index contributed by atoms with van der Waals surface area (Å²) in [4.78, 5) is 22.2. The quantitative estimate of drug-likeness (QED) is 0.684. The monoisotopic (exact) mass is 236 g/mol. The summed E-state index contributed by atoms with van der Waals surface area (Å²) in [5.41, 5.74) is 7.27. The number of nitrogens with two attached hydrogens (primary N) is 1. The zero-order valence-electron chi connectivity index (χ0n) is 9.64. The lowest BCUT2D eigenvalue weighted by molar-refractivity contribution is -0.141. The van der Waals surface area contributed by atoms with Crippen LogP contribution in [-0.4, -0.2) is 23.0 Å². The normalized spacial score (nSPS) is 11.9. The molecule has 17 heavy (non-hydrogen) atoms.